The maximum absolute atomic E-state index is 5.81. The lowest BCUT2D eigenvalue weighted by Gasteiger charge is -2.30. The Morgan fingerprint density at radius 3 is 2.13 bits per heavy atom. The maximum atomic E-state index is 5.81. The molecule has 0 amide bonds. The van der Waals surface area contributed by atoms with E-state index < -0.39 is 0 Å². The fraction of sp³-hybridized carbons (Fsp3) is 1.00. The van der Waals surface area contributed by atoms with Crippen LogP contribution in [0.2, 0.25) is 0 Å². The zero-order chi connectivity index (χ0) is 11.6. The van der Waals surface area contributed by atoms with Crippen LogP contribution >= 0.6 is 0 Å². The molecule has 0 saturated heterocycles. The molecule has 0 aromatic rings. The highest BCUT2D eigenvalue weighted by atomic mass is 16.5. The summed E-state index contributed by atoms with van der Waals surface area (Å²) in [7, 11) is 0. The molecule has 92 valence electrons. The quantitative estimate of drug-likeness (QED) is 0.571. The molecule has 0 radical (unpaired) electrons. The molecule has 3 nitrogen and oxygen atoms in total. The second kappa shape index (κ2) is 9.13. The first kappa shape index (κ1) is 14.9. The molecular formula is C12H27NO2. The van der Waals surface area contributed by atoms with E-state index in [1.807, 2.05) is 0 Å². The van der Waals surface area contributed by atoms with Crippen LogP contribution in [0.5, 0.6) is 0 Å². The van der Waals surface area contributed by atoms with Gasteiger partial charge in [-0.15, -0.1) is 0 Å². The van der Waals surface area contributed by atoms with Gasteiger partial charge in [-0.25, -0.2) is 0 Å². The van der Waals surface area contributed by atoms with Crippen molar-refractivity contribution in [3.8, 4) is 0 Å². The summed E-state index contributed by atoms with van der Waals surface area (Å²) in [6.45, 7) is 9.17. The predicted molar refractivity (Wildman–Crippen MR) is 64.0 cm³/mol. The molecule has 0 heterocycles. The molecule has 3 heteroatoms. The third kappa shape index (κ3) is 6.13. The molecule has 0 bridgehead atoms. The molecule has 0 saturated carbocycles. The van der Waals surface area contributed by atoms with Crippen molar-refractivity contribution in [1.29, 1.82) is 0 Å². The summed E-state index contributed by atoms with van der Waals surface area (Å²) in [6.07, 6.45) is 4.24. The first-order chi connectivity index (χ1) is 7.24. The molecule has 0 aliphatic heterocycles. The van der Waals surface area contributed by atoms with Gasteiger partial charge in [0.2, 0.25) is 0 Å². The fourth-order valence-electron chi connectivity index (χ4n) is 1.47. The van der Waals surface area contributed by atoms with Crippen LogP contribution in [0.15, 0.2) is 0 Å². The van der Waals surface area contributed by atoms with Gasteiger partial charge in [0.25, 0.3) is 0 Å². The number of hydrogen-bond acceptors (Lipinski definition) is 3. The van der Waals surface area contributed by atoms with E-state index >= 15 is 0 Å². The molecule has 0 rings (SSSR count). The summed E-state index contributed by atoms with van der Waals surface area (Å²) in [6, 6.07) is 0. The Morgan fingerprint density at radius 2 is 1.67 bits per heavy atom. The van der Waals surface area contributed by atoms with Crippen molar-refractivity contribution < 1.29 is 9.47 Å². The van der Waals surface area contributed by atoms with E-state index in [0.29, 0.717) is 19.8 Å². The Bertz CT molecular complexity index is 127. The molecular weight excluding hydrogens is 190 g/mol. The normalized spacial score (nSPS) is 12.0. The van der Waals surface area contributed by atoms with Gasteiger partial charge in [0.15, 0.2) is 0 Å². The number of unbranched alkanes of at least 4 members (excludes halogenated alkanes) is 1. The van der Waals surface area contributed by atoms with Gasteiger partial charge in [0.05, 0.1) is 18.8 Å². The highest BCUT2D eigenvalue weighted by Gasteiger charge is 2.24. The predicted octanol–water partition coefficient (Wildman–Crippen LogP) is 2.34. The van der Waals surface area contributed by atoms with E-state index in [-0.39, 0.29) is 5.60 Å². The number of rotatable bonds is 10. The lowest BCUT2D eigenvalue weighted by molar-refractivity contribution is -0.0668. The van der Waals surface area contributed by atoms with Crippen LogP contribution in [0, 0.1) is 0 Å². The van der Waals surface area contributed by atoms with E-state index in [9.17, 15) is 0 Å². The maximum Gasteiger partial charge on any atom is 0.0800 e. The van der Waals surface area contributed by atoms with Crippen LogP contribution in [0.4, 0.5) is 0 Å². The third-order valence-corrected chi connectivity index (χ3v) is 2.94. The summed E-state index contributed by atoms with van der Waals surface area (Å²) in [5, 5.41) is 0. The summed E-state index contributed by atoms with van der Waals surface area (Å²) < 4.78 is 11.2. The monoisotopic (exact) mass is 217 g/mol. The molecule has 0 aromatic heterocycles. The van der Waals surface area contributed by atoms with E-state index in [4.69, 9.17) is 15.2 Å². The summed E-state index contributed by atoms with van der Waals surface area (Å²) in [4.78, 5) is 0. The Hall–Kier alpha value is -0.120. The zero-order valence-electron chi connectivity index (χ0n) is 10.6. The standard InChI is InChI=1S/C12H27NO2/c1-4-7-8-14-9-10-15-12(5-2,6-3)11-13/h4-11,13H2,1-3H3. The highest BCUT2D eigenvalue weighted by molar-refractivity contribution is 4.78. The Kier molecular flexibility index (Phi) is 9.06. The van der Waals surface area contributed by atoms with Crippen LogP contribution in [-0.2, 0) is 9.47 Å². The number of ether oxygens (including phenoxy) is 2. The second-order valence-electron chi connectivity index (χ2n) is 3.91. The van der Waals surface area contributed by atoms with Crippen molar-refractivity contribution in [2.24, 2.45) is 5.73 Å². The van der Waals surface area contributed by atoms with Gasteiger partial charge >= 0.3 is 0 Å². The minimum atomic E-state index is -0.131. The average molecular weight is 217 g/mol. The largest absolute Gasteiger partial charge is 0.379 e. The van der Waals surface area contributed by atoms with Gasteiger partial charge in [-0.3, -0.25) is 0 Å². The van der Waals surface area contributed by atoms with Gasteiger partial charge in [0, 0.05) is 13.2 Å². The molecule has 15 heavy (non-hydrogen) atoms. The van der Waals surface area contributed by atoms with Crippen LogP contribution in [0.25, 0.3) is 0 Å². The first-order valence-electron chi connectivity index (χ1n) is 6.16. The van der Waals surface area contributed by atoms with Crippen molar-refractivity contribution in [2.45, 2.75) is 52.1 Å². The molecule has 0 atom stereocenters. The SMILES string of the molecule is CCCCOCCOC(CC)(CC)CN. The average Bonchev–Trinajstić information content (AvgIpc) is 2.29. The lowest BCUT2D eigenvalue weighted by Crippen LogP contribution is -2.40. The fourth-order valence-corrected chi connectivity index (χ4v) is 1.47. The van der Waals surface area contributed by atoms with Crippen LogP contribution in [0.1, 0.15) is 46.5 Å². The van der Waals surface area contributed by atoms with E-state index in [1.165, 1.54) is 6.42 Å². The molecule has 0 unspecified atom stereocenters. The van der Waals surface area contributed by atoms with Crippen molar-refractivity contribution in [3.63, 3.8) is 0 Å². The van der Waals surface area contributed by atoms with Crippen LogP contribution in [-0.4, -0.2) is 32.0 Å². The zero-order valence-corrected chi connectivity index (χ0v) is 10.6. The Morgan fingerprint density at radius 1 is 1.00 bits per heavy atom. The van der Waals surface area contributed by atoms with Crippen molar-refractivity contribution in [2.75, 3.05) is 26.4 Å². The first-order valence-corrected chi connectivity index (χ1v) is 6.16. The van der Waals surface area contributed by atoms with Gasteiger partial charge in [0.1, 0.15) is 0 Å². The van der Waals surface area contributed by atoms with Crippen molar-refractivity contribution >= 4 is 0 Å². The lowest BCUT2D eigenvalue weighted by atomic mass is 9.97. The molecule has 0 aliphatic rings. The molecule has 0 aliphatic carbocycles. The summed E-state index contributed by atoms with van der Waals surface area (Å²) >= 11 is 0. The van der Waals surface area contributed by atoms with E-state index in [0.717, 1.165) is 25.9 Å². The van der Waals surface area contributed by atoms with Gasteiger partial charge in [-0.1, -0.05) is 27.2 Å². The molecule has 0 spiro atoms. The third-order valence-electron chi connectivity index (χ3n) is 2.94. The Balaban J connectivity index is 3.54. The van der Waals surface area contributed by atoms with E-state index in [2.05, 4.69) is 20.8 Å². The van der Waals surface area contributed by atoms with Crippen molar-refractivity contribution in [1.82, 2.24) is 0 Å². The van der Waals surface area contributed by atoms with Gasteiger partial charge in [-0.05, 0) is 19.3 Å². The second-order valence-corrected chi connectivity index (χ2v) is 3.91. The summed E-state index contributed by atoms with van der Waals surface area (Å²) in [5.74, 6) is 0. The van der Waals surface area contributed by atoms with Gasteiger partial charge < -0.3 is 15.2 Å². The molecule has 0 aromatic carbocycles. The molecule has 2 N–H and O–H groups in total. The van der Waals surface area contributed by atoms with Gasteiger partial charge in [-0.2, -0.15) is 0 Å². The topological polar surface area (TPSA) is 44.5 Å². The van der Waals surface area contributed by atoms with Crippen LogP contribution in [0.3, 0.4) is 0 Å². The Labute approximate surface area is 94.3 Å². The smallest absolute Gasteiger partial charge is 0.0800 e. The number of hydrogen-bond donors (Lipinski definition) is 1. The molecule has 0 fully saturated rings. The van der Waals surface area contributed by atoms with Crippen molar-refractivity contribution in [3.05, 3.63) is 0 Å². The summed E-state index contributed by atoms with van der Waals surface area (Å²) in [5.41, 5.74) is 5.59. The van der Waals surface area contributed by atoms with E-state index in [1.54, 1.807) is 0 Å². The van der Waals surface area contributed by atoms with Crippen LogP contribution < -0.4 is 5.73 Å². The number of nitrogens with two attached hydrogens (primary N) is 1. The highest BCUT2D eigenvalue weighted by Crippen LogP contribution is 2.18. The minimum absolute atomic E-state index is 0.131. The minimum Gasteiger partial charge on any atom is -0.379 e.